The number of hydrogen-bond acceptors (Lipinski definition) is 6. The van der Waals surface area contributed by atoms with Crippen molar-refractivity contribution in [2.24, 2.45) is 0 Å². The smallest absolute Gasteiger partial charge is 0.0707 e. The summed E-state index contributed by atoms with van der Waals surface area (Å²) in [7, 11) is 1.76. The van der Waals surface area contributed by atoms with Crippen LogP contribution in [0.4, 0.5) is 5.69 Å². The molecule has 0 saturated carbocycles. The number of anilines is 1. The van der Waals surface area contributed by atoms with E-state index < -0.39 is 14.2 Å². The van der Waals surface area contributed by atoms with Crippen molar-refractivity contribution >= 4 is 30.1 Å². The van der Waals surface area contributed by atoms with E-state index in [2.05, 4.69) is 14.5 Å². The minimum Gasteiger partial charge on any atom is -0.380 e. The van der Waals surface area contributed by atoms with Crippen molar-refractivity contribution in [2.45, 2.75) is 19.4 Å². The van der Waals surface area contributed by atoms with Crippen molar-refractivity contribution in [3.8, 4) is 0 Å². The molecule has 0 bridgehead atoms. The van der Waals surface area contributed by atoms with Gasteiger partial charge in [0.2, 0.25) is 0 Å². The number of benzene rings is 1. The van der Waals surface area contributed by atoms with Crippen LogP contribution in [-0.4, -0.2) is 55.7 Å². The minimum atomic E-state index is -4.83. The summed E-state index contributed by atoms with van der Waals surface area (Å²) < 4.78 is 29.0. The Labute approximate surface area is 131 Å². The molecule has 8 nitrogen and oxygen atoms in total. The van der Waals surface area contributed by atoms with E-state index >= 15 is 0 Å². The second kappa shape index (κ2) is 9.09. The SMILES string of the molecule is CC(=O)Nc1cccc([As](=O)(O)OO)c1.COC1CCNC1. The zero-order valence-electron chi connectivity index (χ0n) is 12.5. The predicted molar refractivity (Wildman–Crippen MR) is 81.0 cm³/mol. The van der Waals surface area contributed by atoms with E-state index in [9.17, 15) is 12.6 Å². The van der Waals surface area contributed by atoms with Gasteiger partial charge in [0.05, 0.1) is 6.10 Å². The monoisotopic (exact) mass is 376 g/mol. The molecule has 2 rings (SSSR count). The fourth-order valence-corrected chi connectivity index (χ4v) is 3.25. The number of nitrogens with one attached hydrogen (secondary N) is 2. The van der Waals surface area contributed by atoms with Crippen molar-refractivity contribution in [1.82, 2.24) is 5.32 Å². The Morgan fingerprint density at radius 2 is 2.23 bits per heavy atom. The molecule has 124 valence electrons. The molecular weight excluding hydrogens is 355 g/mol. The van der Waals surface area contributed by atoms with E-state index in [1.165, 1.54) is 31.5 Å². The minimum absolute atomic E-state index is 0.0399. The number of ether oxygens (including phenoxy) is 1. The second-order valence-electron chi connectivity index (χ2n) is 4.68. The summed E-state index contributed by atoms with van der Waals surface area (Å²) in [5, 5.41) is 13.9. The van der Waals surface area contributed by atoms with Crippen molar-refractivity contribution in [1.29, 1.82) is 0 Å². The Kier molecular flexibility index (Phi) is 7.81. The molecule has 1 saturated heterocycles. The average molecular weight is 376 g/mol. The van der Waals surface area contributed by atoms with Crippen LogP contribution in [0.3, 0.4) is 0 Å². The van der Waals surface area contributed by atoms with Crippen LogP contribution in [0.1, 0.15) is 13.3 Å². The van der Waals surface area contributed by atoms with Gasteiger partial charge in [0.15, 0.2) is 0 Å². The number of carbonyl (C=O) groups excluding carboxylic acids is 1. The number of amides is 1. The molecule has 1 aliphatic rings. The first-order valence-corrected chi connectivity index (χ1v) is 9.97. The van der Waals surface area contributed by atoms with Crippen molar-refractivity contribution in [3.05, 3.63) is 24.3 Å². The average Bonchev–Trinajstić information content (AvgIpc) is 3.01. The van der Waals surface area contributed by atoms with Gasteiger partial charge in [-0.15, -0.1) is 0 Å². The Morgan fingerprint density at radius 1 is 1.50 bits per heavy atom. The first kappa shape index (κ1) is 18.9. The van der Waals surface area contributed by atoms with Gasteiger partial charge in [-0.25, -0.2) is 0 Å². The van der Waals surface area contributed by atoms with Crippen LogP contribution in [0.25, 0.3) is 0 Å². The molecule has 1 heterocycles. The number of hydrogen-bond donors (Lipinski definition) is 4. The largest absolute Gasteiger partial charge is 0.380 e. The predicted octanol–water partition coefficient (Wildman–Crippen LogP) is -0.302. The van der Waals surface area contributed by atoms with E-state index in [4.69, 9.17) is 9.99 Å². The Balaban J connectivity index is 0.000000287. The molecule has 1 fully saturated rings. The van der Waals surface area contributed by atoms with Crippen LogP contribution in [-0.2, 0) is 17.1 Å². The molecular formula is C13H21AsN2O6. The van der Waals surface area contributed by atoms with Crippen LogP contribution in [0.15, 0.2) is 24.3 Å². The molecule has 2 unspecified atom stereocenters. The van der Waals surface area contributed by atoms with E-state index in [1.54, 1.807) is 13.2 Å². The van der Waals surface area contributed by atoms with E-state index in [0.717, 1.165) is 13.1 Å². The normalized spacial score (nSPS) is 19.7. The Hall–Kier alpha value is -1.15. The van der Waals surface area contributed by atoms with Gasteiger partial charge in [-0.2, -0.15) is 0 Å². The molecule has 22 heavy (non-hydrogen) atoms. The fourth-order valence-electron chi connectivity index (χ4n) is 1.84. The number of rotatable bonds is 4. The van der Waals surface area contributed by atoms with E-state index in [0.29, 0.717) is 11.8 Å². The van der Waals surface area contributed by atoms with Gasteiger partial charge in [0.1, 0.15) is 0 Å². The molecule has 0 spiro atoms. The van der Waals surface area contributed by atoms with Gasteiger partial charge in [0.25, 0.3) is 0 Å². The summed E-state index contributed by atoms with van der Waals surface area (Å²) in [5.41, 5.74) is 0.368. The molecule has 4 N–H and O–H groups in total. The first-order valence-electron chi connectivity index (χ1n) is 6.66. The summed E-state index contributed by atoms with van der Waals surface area (Å²) in [6.07, 6.45) is 1.66. The zero-order chi connectivity index (χ0) is 16.6. The second-order valence-corrected chi connectivity index (χ2v) is 8.29. The van der Waals surface area contributed by atoms with Crippen molar-refractivity contribution in [3.63, 3.8) is 0 Å². The molecule has 0 aromatic heterocycles. The maximum atomic E-state index is 11.3. The van der Waals surface area contributed by atoms with Gasteiger partial charge in [-0.05, 0) is 13.0 Å². The van der Waals surface area contributed by atoms with E-state index in [1.807, 2.05) is 0 Å². The van der Waals surface area contributed by atoms with Gasteiger partial charge in [-0.1, -0.05) is 0 Å². The molecule has 0 radical (unpaired) electrons. The third-order valence-corrected chi connectivity index (χ3v) is 5.37. The summed E-state index contributed by atoms with van der Waals surface area (Å²) in [4.78, 5) is 10.7. The standard InChI is InChI=1S/C8H10AsNO5.C5H11NO/c1-6(11)10-8-4-2-3-7(5-8)9(12,13)15-14;1-7-5-2-3-6-4-5/h2-5,14H,1H3,(H,10,11)(H,12,13);5-6H,2-4H2,1H3. The van der Waals surface area contributed by atoms with Crippen molar-refractivity contribution in [2.75, 3.05) is 25.5 Å². The molecule has 9 heteroatoms. The van der Waals surface area contributed by atoms with Crippen LogP contribution >= 0.6 is 0 Å². The maximum Gasteiger partial charge on any atom is 0.0707 e. The quantitative estimate of drug-likeness (QED) is 0.324. The topological polar surface area (TPSA) is 117 Å². The van der Waals surface area contributed by atoms with Gasteiger partial charge >= 0.3 is 88.4 Å². The molecule has 1 aromatic rings. The molecule has 2 atom stereocenters. The fraction of sp³-hybridized carbons (Fsp3) is 0.462. The summed E-state index contributed by atoms with van der Waals surface area (Å²) >= 11 is -4.83. The van der Waals surface area contributed by atoms with Gasteiger partial charge in [-0.3, -0.25) is 0 Å². The van der Waals surface area contributed by atoms with Gasteiger partial charge < -0.3 is 10.1 Å². The maximum absolute atomic E-state index is 11.3. The number of methoxy groups -OCH3 is 1. The number of carbonyl (C=O) groups is 1. The third-order valence-electron chi connectivity index (χ3n) is 2.95. The van der Waals surface area contributed by atoms with Crippen LogP contribution in [0, 0.1) is 0 Å². The van der Waals surface area contributed by atoms with Crippen molar-refractivity contribution < 1.29 is 26.5 Å². The molecule has 1 aliphatic heterocycles. The van der Waals surface area contributed by atoms with Crippen LogP contribution in [0.2, 0.25) is 0 Å². The van der Waals surface area contributed by atoms with E-state index in [-0.39, 0.29) is 10.3 Å². The molecule has 1 aromatic carbocycles. The summed E-state index contributed by atoms with van der Waals surface area (Å²) in [6.45, 7) is 3.48. The third kappa shape index (κ3) is 6.31. The molecule has 1 amide bonds. The Morgan fingerprint density at radius 3 is 2.68 bits per heavy atom. The Bertz CT molecular complexity index is 533. The van der Waals surface area contributed by atoms with Crippen LogP contribution < -0.4 is 15.0 Å². The zero-order valence-corrected chi connectivity index (χ0v) is 14.4. The summed E-state index contributed by atoms with van der Waals surface area (Å²) in [6, 6.07) is 5.64. The van der Waals surface area contributed by atoms with Crippen LogP contribution in [0.5, 0.6) is 0 Å². The van der Waals surface area contributed by atoms with Gasteiger partial charge in [0, 0.05) is 13.7 Å². The molecule has 0 aliphatic carbocycles. The first-order chi connectivity index (χ1) is 10.4. The summed E-state index contributed by atoms with van der Waals surface area (Å²) in [5.74, 6) is -0.294.